The molecule has 0 unspecified atom stereocenters. The Hall–Kier alpha value is -3.32. The molecule has 0 spiro atoms. The first-order valence-corrected chi connectivity index (χ1v) is 9.91. The van der Waals surface area contributed by atoms with Crippen molar-refractivity contribution in [3.63, 3.8) is 0 Å². The molecule has 0 aliphatic heterocycles. The van der Waals surface area contributed by atoms with E-state index in [-0.39, 0.29) is 0 Å². The van der Waals surface area contributed by atoms with E-state index in [0.717, 1.165) is 17.7 Å². The molecule has 0 N–H and O–H groups in total. The standard InChI is InChI=1S/C25H26N2O2/c1-6-21-23(26-4)22(24(27(21)5)25(28)29-7-2)19-14-12-18(13-15-19)16-20-11-9-8-10-17(20)3/h8-15H,6-7,16H2,1-3,5H3. The van der Waals surface area contributed by atoms with Crippen LogP contribution in [0.25, 0.3) is 16.0 Å². The number of hydrogen-bond acceptors (Lipinski definition) is 2. The lowest BCUT2D eigenvalue weighted by Crippen LogP contribution is -2.12. The molecule has 4 heteroatoms. The third-order valence-corrected chi connectivity index (χ3v) is 5.30. The highest BCUT2D eigenvalue weighted by molar-refractivity contribution is 6.01. The summed E-state index contributed by atoms with van der Waals surface area (Å²) in [5, 5.41) is 0. The molecule has 4 nitrogen and oxygen atoms in total. The van der Waals surface area contributed by atoms with Gasteiger partial charge in [0.1, 0.15) is 5.69 Å². The third-order valence-electron chi connectivity index (χ3n) is 5.30. The van der Waals surface area contributed by atoms with Crippen molar-refractivity contribution in [2.45, 2.75) is 33.6 Å². The summed E-state index contributed by atoms with van der Waals surface area (Å²) in [6.07, 6.45) is 1.52. The molecule has 1 aromatic heterocycles. The highest BCUT2D eigenvalue weighted by Crippen LogP contribution is 2.40. The van der Waals surface area contributed by atoms with E-state index in [0.29, 0.717) is 30.0 Å². The van der Waals surface area contributed by atoms with Crippen molar-refractivity contribution in [3.05, 3.63) is 88.0 Å². The zero-order valence-electron chi connectivity index (χ0n) is 17.5. The van der Waals surface area contributed by atoms with Crippen LogP contribution in [0.5, 0.6) is 0 Å². The van der Waals surface area contributed by atoms with Crippen molar-refractivity contribution < 1.29 is 9.53 Å². The van der Waals surface area contributed by atoms with Crippen LogP contribution in [0.1, 0.15) is 46.7 Å². The number of carbonyl (C=O) groups is 1. The molecule has 2 aromatic carbocycles. The Morgan fingerprint density at radius 1 is 1.10 bits per heavy atom. The topological polar surface area (TPSA) is 35.6 Å². The number of benzene rings is 2. The van der Waals surface area contributed by atoms with Crippen LogP contribution in [-0.2, 0) is 24.6 Å². The highest BCUT2D eigenvalue weighted by atomic mass is 16.5. The summed E-state index contributed by atoms with van der Waals surface area (Å²) in [5.74, 6) is -0.390. The molecular weight excluding hydrogens is 360 g/mol. The van der Waals surface area contributed by atoms with Crippen LogP contribution >= 0.6 is 0 Å². The molecule has 0 fully saturated rings. The second kappa shape index (κ2) is 8.79. The van der Waals surface area contributed by atoms with Crippen LogP contribution in [0.4, 0.5) is 5.69 Å². The third kappa shape index (κ3) is 3.95. The minimum Gasteiger partial charge on any atom is -0.461 e. The number of hydrogen-bond donors (Lipinski definition) is 0. The fourth-order valence-electron chi connectivity index (χ4n) is 3.77. The number of esters is 1. The smallest absolute Gasteiger partial charge is 0.354 e. The van der Waals surface area contributed by atoms with Crippen molar-refractivity contribution in [1.29, 1.82) is 0 Å². The van der Waals surface area contributed by atoms with Crippen LogP contribution < -0.4 is 0 Å². The van der Waals surface area contributed by atoms with Crippen LogP contribution in [0.3, 0.4) is 0 Å². The molecule has 0 atom stereocenters. The van der Waals surface area contributed by atoms with E-state index in [4.69, 9.17) is 11.3 Å². The molecule has 148 valence electrons. The SMILES string of the molecule is [C-]#[N+]c1c(-c2ccc(Cc3ccccc3C)cc2)c(C(=O)OCC)n(C)c1CC. The second-order valence-electron chi connectivity index (χ2n) is 7.06. The van der Waals surface area contributed by atoms with Gasteiger partial charge in [0, 0.05) is 18.3 Å². The Bertz CT molecular complexity index is 1070. The van der Waals surface area contributed by atoms with E-state index >= 15 is 0 Å². The van der Waals surface area contributed by atoms with E-state index in [1.807, 2.05) is 36.7 Å². The maximum absolute atomic E-state index is 12.7. The normalized spacial score (nSPS) is 10.6. The molecular formula is C25H26N2O2. The first-order valence-electron chi connectivity index (χ1n) is 9.91. The van der Waals surface area contributed by atoms with Crippen LogP contribution in [0.15, 0.2) is 48.5 Å². The highest BCUT2D eigenvalue weighted by Gasteiger charge is 2.26. The van der Waals surface area contributed by atoms with Crippen molar-refractivity contribution in [2.75, 3.05) is 6.61 Å². The van der Waals surface area contributed by atoms with E-state index in [1.165, 1.54) is 16.7 Å². The average Bonchev–Trinajstić information content (AvgIpc) is 3.02. The van der Waals surface area contributed by atoms with Gasteiger partial charge in [0.15, 0.2) is 0 Å². The minimum absolute atomic E-state index is 0.299. The second-order valence-corrected chi connectivity index (χ2v) is 7.06. The van der Waals surface area contributed by atoms with Gasteiger partial charge in [-0.25, -0.2) is 9.64 Å². The minimum atomic E-state index is -0.390. The average molecular weight is 386 g/mol. The van der Waals surface area contributed by atoms with Crippen molar-refractivity contribution in [1.82, 2.24) is 4.57 Å². The number of carbonyl (C=O) groups excluding carboxylic acids is 1. The molecule has 29 heavy (non-hydrogen) atoms. The summed E-state index contributed by atoms with van der Waals surface area (Å²) in [7, 11) is 1.83. The lowest BCUT2D eigenvalue weighted by atomic mass is 9.97. The first kappa shape index (κ1) is 20.4. The summed E-state index contributed by atoms with van der Waals surface area (Å²) in [6, 6.07) is 16.5. The van der Waals surface area contributed by atoms with E-state index in [9.17, 15) is 4.79 Å². The molecule has 0 saturated heterocycles. The van der Waals surface area contributed by atoms with Gasteiger partial charge in [-0.2, -0.15) is 0 Å². The predicted octanol–water partition coefficient (Wildman–Crippen LogP) is 5.88. The largest absolute Gasteiger partial charge is 0.461 e. The van der Waals surface area contributed by atoms with Gasteiger partial charge in [-0.1, -0.05) is 55.5 Å². The van der Waals surface area contributed by atoms with Gasteiger partial charge in [-0.3, -0.25) is 0 Å². The Balaban J connectivity index is 2.05. The van der Waals surface area contributed by atoms with Crippen LogP contribution in [0.2, 0.25) is 0 Å². The van der Waals surface area contributed by atoms with Crippen LogP contribution in [0, 0.1) is 13.5 Å². The first-order chi connectivity index (χ1) is 14.0. The molecule has 0 radical (unpaired) electrons. The zero-order valence-corrected chi connectivity index (χ0v) is 17.5. The maximum atomic E-state index is 12.7. The zero-order chi connectivity index (χ0) is 21.0. The summed E-state index contributed by atoms with van der Waals surface area (Å²) < 4.78 is 7.09. The molecule has 0 bridgehead atoms. The van der Waals surface area contributed by atoms with Gasteiger partial charge in [0.2, 0.25) is 5.69 Å². The van der Waals surface area contributed by atoms with Gasteiger partial charge in [-0.05, 0) is 48.9 Å². The van der Waals surface area contributed by atoms with Crippen LogP contribution in [-0.4, -0.2) is 17.1 Å². The van der Waals surface area contributed by atoms with Crippen molar-refractivity contribution in [3.8, 4) is 11.1 Å². The quantitative estimate of drug-likeness (QED) is 0.392. The number of rotatable bonds is 6. The summed E-state index contributed by atoms with van der Waals surface area (Å²) in [6.45, 7) is 13.9. The van der Waals surface area contributed by atoms with E-state index in [2.05, 4.69) is 42.1 Å². The molecule has 0 amide bonds. The molecule has 0 saturated carbocycles. The molecule has 0 aliphatic carbocycles. The number of aromatic nitrogens is 1. The monoisotopic (exact) mass is 386 g/mol. The molecule has 3 aromatic rings. The van der Waals surface area contributed by atoms with E-state index in [1.54, 1.807) is 6.92 Å². The molecule has 3 rings (SSSR count). The van der Waals surface area contributed by atoms with Crippen molar-refractivity contribution >= 4 is 11.7 Å². The Morgan fingerprint density at radius 2 is 1.79 bits per heavy atom. The molecule has 1 heterocycles. The fourth-order valence-corrected chi connectivity index (χ4v) is 3.77. The summed E-state index contributed by atoms with van der Waals surface area (Å²) in [4.78, 5) is 16.4. The number of nitrogens with zero attached hydrogens (tertiary/aromatic N) is 2. The number of ether oxygens (including phenoxy) is 1. The van der Waals surface area contributed by atoms with E-state index < -0.39 is 5.97 Å². The van der Waals surface area contributed by atoms with Crippen molar-refractivity contribution in [2.24, 2.45) is 7.05 Å². The number of aryl methyl sites for hydroxylation is 1. The van der Waals surface area contributed by atoms with Gasteiger partial charge in [0.25, 0.3) is 0 Å². The van der Waals surface area contributed by atoms with Gasteiger partial charge in [-0.15, -0.1) is 0 Å². The van der Waals surface area contributed by atoms with Gasteiger partial charge in [0.05, 0.1) is 13.2 Å². The predicted molar refractivity (Wildman–Crippen MR) is 116 cm³/mol. The fraction of sp³-hybridized carbons (Fsp3) is 0.280. The Kier molecular flexibility index (Phi) is 6.19. The summed E-state index contributed by atoms with van der Waals surface area (Å²) in [5.41, 5.74) is 7.11. The summed E-state index contributed by atoms with van der Waals surface area (Å²) >= 11 is 0. The van der Waals surface area contributed by atoms with Gasteiger partial charge >= 0.3 is 5.97 Å². The molecule has 0 aliphatic rings. The lowest BCUT2D eigenvalue weighted by Gasteiger charge is -2.10. The Morgan fingerprint density at radius 3 is 2.38 bits per heavy atom. The van der Waals surface area contributed by atoms with Gasteiger partial charge < -0.3 is 9.30 Å². The lowest BCUT2D eigenvalue weighted by molar-refractivity contribution is 0.0516. The Labute approximate surface area is 172 Å². The maximum Gasteiger partial charge on any atom is 0.354 e.